The third-order valence-corrected chi connectivity index (χ3v) is 4.52. The quantitative estimate of drug-likeness (QED) is 0.748. The standard InChI is InChI=1S/C18H26O/c1-13-10-14(2)18(15(3)11-13)12-17(19)9-8-16-6-4-5-7-16/h10-11,16H,4-9,12H2,1-3H3. The largest absolute Gasteiger partial charge is 0.299 e. The van der Waals surface area contributed by atoms with Gasteiger partial charge in [-0.25, -0.2) is 0 Å². The zero-order valence-electron chi connectivity index (χ0n) is 12.6. The Morgan fingerprint density at radius 3 is 2.26 bits per heavy atom. The lowest BCUT2D eigenvalue weighted by molar-refractivity contribution is -0.118. The van der Waals surface area contributed by atoms with Crippen molar-refractivity contribution < 1.29 is 4.79 Å². The van der Waals surface area contributed by atoms with E-state index in [0.717, 1.165) is 18.8 Å². The molecule has 0 aromatic heterocycles. The van der Waals surface area contributed by atoms with Crippen LogP contribution in [0.25, 0.3) is 0 Å². The predicted molar refractivity (Wildman–Crippen MR) is 80.6 cm³/mol. The molecule has 0 radical (unpaired) electrons. The van der Waals surface area contributed by atoms with E-state index in [1.54, 1.807) is 0 Å². The fourth-order valence-electron chi connectivity index (χ4n) is 3.44. The molecule has 1 nitrogen and oxygen atoms in total. The van der Waals surface area contributed by atoms with Crippen molar-refractivity contribution in [3.63, 3.8) is 0 Å². The molecule has 0 atom stereocenters. The summed E-state index contributed by atoms with van der Waals surface area (Å²) in [6, 6.07) is 4.37. The van der Waals surface area contributed by atoms with Crippen LogP contribution in [0.3, 0.4) is 0 Å². The molecule has 19 heavy (non-hydrogen) atoms. The molecule has 1 aromatic rings. The minimum absolute atomic E-state index is 0.418. The molecule has 1 aliphatic carbocycles. The van der Waals surface area contributed by atoms with Crippen LogP contribution in [0.1, 0.15) is 60.8 Å². The van der Waals surface area contributed by atoms with Crippen LogP contribution in [0.15, 0.2) is 12.1 Å². The number of hydrogen-bond acceptors (Lipinski definition) is 1. The van der Waals surface area contributed by atoms with E-state index in [1.165, 1.54) is 47.9 Å². The van der Waals surface area contributed by atoms with Crippen molar-refractivity contribution in [2.45, 2.75) is 65.7 Å². The first kappa shape index (κ1) is 14.3. The molecular formula is C18H26O. The monoisotopic (exact) mass is 258 g/mol. The van der Waals surface area contributed by atoms with Crippen LogP contribution in [-0.4, -0.2) is 5.78 Å². The smallest absolute Gasteiger partial charge is 0.137 e. The van der Waals surface area contributed by atoms with Crippen LogP contribution in [0.4, 0.5) is 0 Å². The molecule has 1 aromatic carbocycles. The van der Waals surface area contributed by atoms with Crippen molar-refractivity contribution in [2.75, 3.05) is 0 Å². The topological polar surface area (TPSA) is 17.1 Å². The van der Waals surface area contributed by atoms with Gasteiger partial charge >= 0.3 is 0 Å². The summed E-state index contributed by atoms with van der Waals surface area (Å²) >= 11 is 0. The molecule has 0 amide bonds. The number of Topliss-reactive ketones (excluding diaryl/α,β-unsaturated/α-hetero) is 1. The van der Waals surface area contributed by atoms with Gasteiger partial charge in [-0.15, -0.1) is 0 Å². The Balaban J connectivity index is 1.91. The van der Waals surface area contributed by atoms with Gasteiger partial charge in [-0.05, 0) is 49.8 Å². The van der Waals surface area contributed by atoms with Crippen LogP contribution in [-0.2, 0) is 11.2 Å². The highest BCUT2D eigenvalue weighted by Crippen LogP contribution is 2.29. The molecule has 1 aliphatic rings. The summed E-state index contributed by atoms with van der Waals surface area (Å²) in [5.41, 5.74) is 5.08. The number of carbonyl (C=O) groups excluding carboxylic acids is 1. The first-order valence-corrected chi connectivity index (χ1v) is 7.64. The lowest BCUT2D eigenvalue weighted by atomic mass is 9.93. The maximum atomic E-state index is 12.2. The summed E-state index contributed by atoms with van der Waals surface area (Å²) in [5, 5.41) is 0. The summed E-state index contributed by atoms with van der Waals surface area (Å²) < 4.78 is 0. The Morgan fingerprint density at radius 1 is 1.11 bits per heavy atom. The lowest BCUT2D eigenvalue weighted by Gasteiger charge is -2.12. The Bertz CT molecular complexity index is 430. The molecule has 0 heterocycles. The molecule has 0 bridgehead atoms. The van der Waals surface area contributed by atoms with Gasteiger partial charge in [0.25, 0.3) is 0 Å². The summed E-state index contributed by atoms with van der Waals surface area (Å²) in [7, 11) is 0. The highest BCUT2D eigenvalue weighted by atomic mass is 16.1. The number of aryl methyl sites for hydroxylation is 3. The second kappa shape index (κ2) is 6.36. The number of rotatable bonds is 5. The Kier molecular flexibility index (Phi) is 4.79. The van der Waals surface area contributed by atoms with Gasteiger partial charge < -0.3 is 0 Å². The van der Waals surface area contributed by atoms with Crippen molar-refractivity contribution >= 4 is 5.78 Å². The maximum Gasteiger partial charge on any atom is 0.137 e. The van der Waals surface area contributed by atoms with Gasteiger partial charge in [-0.1, -0.05) is 43.4 Å². The average Bonchev–Trinajstić information content (AvgIpc) is 2.84. The molecule has 104 valence electrons. The van der Waals surface area contributed by atoms with Crippen molar-refractivity contribution in [1.29, 1.82) is 0 Å². The molecule has 1 fully saturated rings. The summed E-state index contributed by atoms with van der Waals surface area (Å²) in [5.74, 6) is 1.24. The third kappa shape index (κ3) is 3.92. The van der Waals surface area contributed by atoms with E-state index < -0.39 is 0 Å². The molecular weight excluding hydrogens is 232 g/mol. The molecule has 0 spiro atoms. The Morgan fingerprint density at radius 2 is 1.68 bits per heavy atom. The van der Waals surface area contributed by atoms with Gasteiger partial charge in [0.1, 0.15) is 5.78 Å². The average molecular weight is 258 g/mol. The van der Waals surface area contributed by atoms with Crippen molar-refractivity contribution in [3.05, 3.63) is 34.4 Å². The Hall–Kier alpha value is -1.11. The van der Waals surface area contributed by atoms with Crippen molar-refractivity contribution in [3.8, 4) is 0 Å². The zero-order valence-corrected chi connectivity index (χ0v) is 12.6. The molecule has 2 rings (SSSR count). The highest BCUT2D eigenvalue weighted by Gasteiger charge is 2.17. The van der Waals surface area contributed by atoms with Crippen LogP contribution in [0.2, 0.25) is 0 Å². The minimum atomic E-state index is 0.418. The fourth-order valence-corrected chi connectivity index (χ4v) is 3.44. The number of ketones is 1. The number of carbonyl (C=O) groups is 1. The first-order valence-electron chi connectivity index (χ1n) is 7.64. The number of benzene rings is 1. The molecule has 0 N–H and O–H groups in total. The number of hydrogen-bond donors (Lipinski definition) is 0. The van der Waals surface area contributed by atoms with E-state index in [4.69, 9.17) is 0 Å². The SMILES string of the molecule is Cc1cc(C)c(CC(=O)CCC2CCCC2)c(C)c1. The lowest BCUT2D eigenvalue weighted by Crippen LogP contribution is -2.08. The normalized spacial score (nSPS) is 15.9. The predicted octanol–water partition coefficient (Wildman–Crippen LogP) is 4.69. The fraction of sp³-hybridized carbons (Fsp3) is 0.611. The minimum Gasteiger partial charge on any atom is -0.299 e. The first-order chi connectivity index (χ1) is 9.06. The molecule has 0 aliphatic heterocycles. The van der Waals surface area contributed by atoms with Crippen LogP contribution >= 0.6 is 0 Å². The molecule has 1 saturated carbocycles. The van der Waals surface area contributed by atoms with E-state index in [1.807, 2.05) is 0 Å². The van der Waals surface area contributed by atoms with Gasteiger partial charge in [-0.2, -0.15) is 0 Å². The van der Waals surface area contributed by atoms with Crippen LogP contribution in [0.5, 0.6) is 0 Å². The third-order valence-electron chi connectivity index (χ3n) is 4.52. The maximum absolute atomic E-state index is 12.2. The molecule has 1 heteroatoms. The second-order valence-electron chi connectivity index (χ2n) is 6.28. The summed E-state index contributed by atoms with van der Waals surface area (Å²) in [6.45, 7) is 6.37. The van der Waals surface area contributed by atoms with Crippen LogP contribution < -0.4 is 0 Å². The van der Waals surface area contributed by atoms with Gasteiger partial charge in [0, 0.05) is 12.8 Å². The summed E-state index contributed by atoms with van der Waals surface area (Å²) in [6.07, 6.45) is 7.95. The van der Waals surface area contributed by atoms with E-state index >= 15 is 0 Å². The van der Waals surface area contributed by atoms with Crippen LogP contribution in [0, 0.1) is 26.7 Å². The van der Waals surface area contributed by atoms with E-state index in [-0.39, 0.29) is 0 Å². The van der Waals surface area contributed by atoms with Crippen molar-refractivity contribution in [1.82, 2.24) is 0 Å². The van der Waals surface area contributed by atoms with Gasteiger partial charge in [0.05, 0.1) is 0 Å². The van der Waals surface area contributed by atoms with Gasteiger partial charge in [0.15, 0.2) is 0 Å². The molecule has 0 saturated heterocycles. The summed E-state index contributed by atoms with van der Waals surface area (Å²) in [4.78, 5) is 12.2. The van der Waals surface area contributed by atoms with E-state index in [0.29, 0.717) is 12.2 Å². The Labute approximate surface area is 117 Å². The highest BCUT2D eigenvalue weighted by molar-refractivity contribution is 5.81. The van der Waals surface area contributed by atoms with E-state index in [2.05, 4.69) is 32.9 Å². The van der Waals surface area contributed by atoms with Gasteiger partial charge in [0.2, 0.25) is 0 Å². The van der Waals surface area contributed by atoms with Gasteiger partial charge in [-0.3, -0.25) is 4.79 Å². The van der Waals surface area contributed by atoms with Crippen molar-refractivity contribution in [2.24, 2.45) is 5.92 Å². The molecule has 0 unspecified atom stereocenters. The van der Waals surface area contributed by atoms with E-state index in [9.17, 15) is 4.79 Å². The zero-order chi connectivity index (χ0) is 13.8. The second-order valence-corrected chi connectivity index (χ2v) is 6.28.